The Balaban J connectivity index is 0.000000399. The van der Waals surface area contributed by atoms with Gasteiger partial charge in [0.05, 0.1) is 0 Å². The van der Waals surface area contributed by atoms with Crippen molar-refractivity contribution in [1.29, 1.82) is 0 Å². The van der Waals surface area contributed by atoms with Gasteiger partial charge >= 0.3 is 0 Å². The molecule has 0 saturated carbocycles. The Hall–Kier alpha value is -2.33. The largest absolute Gasteiger partial charge is 0.457 e. The van der Waals surface area contributed by atoms with Gasteiger partial charge in [0.15, 0.2) is 0 Å². The molecule has 0 fully saturated rings. The van der Waals surface area contributed by atoms with E-state index in [0.29, 0.717) is 0 Å². The molecule has 0 spiro atoms. The lowest BCUT2D eigenvalue weighted by Crippen LogP contribution is -1.99. The number of aryl methyl sites for hydroxylation is 2. The Morgan fingerprint density at radius 2 is 1.21 bits per heavy atom. The molecule has 2 aromatic carbocycles. The van der Waals surface area contributed by atoms with Crippen LogP contribution in [-0.2, 0) is 4.79 Å². The van der Waals surface area contributed by atoms with Crippen molar-refractivity contribution in [2.45, 2.75) is 13.8 Å². The molecule has 0 saturated heterocycles. The number of ether oxygens (including phenoxy) is 1. The Bertz CT molecular complexity index is 448. The van der Waals surface area contributed by atoms with Crippen molar-refractivity contribution in [3.05, 3.63) is 59.7 Å². The fourth-order valence-electron chi connectivity index (χ4n) is 1.35. The zero-order valence-corrected chi connectivity index (χ0v) is 11.0. The molecule has 0 aliphatic heterocycles. The van der Waals surface area contributed by atoms with Crippen LogP contribution in [0, 0.1) is 13.8 Å². The first-order valence-electron chi connectivity index (χ1n) is 5.80. The minimum absolute atomic E-state index is 0.181. The maximum atomic E-state index is 8.81. The summed E-state index contributed by atoms with van der Waals surface area (Å²) in [5, 5.41) is 7.26. The van der Waals surface area contributed by atoms with Crippen LogP contribution in [0.3, 0.4) is 0 Å². The van der Waals surface area contributed by atoms with E-state index in [1.807, 2.05) is 48.5 Å². The van der Waals surface area contributed by atoms with Gasteiger partial charge in [-0.25, -0.2) is 5.48 Å². The van der Waals surface area contributed by atoms with Gasteiger partial charge in [-0.1, -0.05) is 35.4 Å². The summed E-state index contributed by atoms with van der Waals surface area (Å²) in [7, 11) is 0. The molecule has 0 radical (unpaired) electrons. The van der Waals surface area contributed by atoms with E-state index in [1.165, 1.54) is 16.6 Å². The van der Waals surface area contributed by atoms with Crippen LogP contribution in [-0.4, -0.2) is 11.6 Å². The summed E-state index contributed by atoms with van der Waals surface area (Å²) in [6, 6.07) is 16.1. The second kappa shape index (κ2) is 7.89. The van der Waals surface area contributed by atoms with E-state index >= 15 is 0 Å². The fourth-order valence-corrected chi connectivity index (χ4v) is 1.35. The topological polar surface area (TPSA) is 58.6 Å². The van der Waals surface area contributed by atoms with Crippen LogP contribution >= 0.6 is 0 Å². The molecular weight excluding hydrogens is 242 g/mol. The van der Waals surface area contributed by atoms with E-state index in [1.54, 1.807) is 0 Å². The minimum Gasteiger partial charge on any atom is -0.457 e. The molecule has 1 amide bonds. The molecule has 100 valence electrons. The number of hydrogen-bond acceptors (Lipinski definition) is 3. The molecule has 4 nitrogen and oxygen atoms in total. The summed E-state index contributed by atoms with van der Waals surface area (Å²) in [5.41, 5.74) is 3.73. The standard InChI is InChI=1S/C14H14O.CH3NO2/c1-11-3-7-13(8-4-11)15-14-9-5-12(2)6-10-14;3-1-2-4/h3-10H,1-2H3;1,4H,(H,2,3). The van der Waals surface area contributed by atoms with E-state index in [0.717, 1.165) is 11.5 Å². The number of rotatable bonds is 3. The highest BCUT2D eigenvalue weighted by atomic mass is 16.5. The van der Waals surface area contributed by atoms with Crippen molar-refractivity contribution >= 4 is 6.41 Å². The maximum absolute atomic E-state index is 8.81. The predicted molar refractivity (Wildman–Crippen MR) is 73.4 cm³/mol. The van der Waals surface area contributed by atoms with E-state index < -0.39 is 0 Å². The molecular formula is C15H17NO3. The lowest BCUT2D eigenvalue weighted by Gasteiger charge is -2.05. The first-order valence-corrected chi connectivity index (χ1v) is 5.80. The SMILES string of the molecule is Cc1ccc(Oc2ccc(C)cc2)cc1.O=CNO. The average molecular weight is 259 g/mol. The van der Waals surface area contributed by atoms with Crippen molar-refractivity contribution in [2.75, 3.05) is 0 Å². The van der Waals surface area contributed by atoms with Gasteiger partial charge in [-0.15, -0.1) is 0 Å². The van der Waals surface area contributed by atoms with Crippen molar-refractivity contribution < 1.29 is 14.7 Å². The zero-order valence-electron chi connectivity index (χ0n) is 11.0. The number of nitrogens with one attached hydrogen (secondary N) is 1. The van der Waals surface area contributed by atoms with Crippen molar-refractivity contribution in [3.63, 3.8) is 0 Å². The van der Waals surface area contributed by atoms with E-state index in [9.17, 15) is 0 Å². The van der Waals surface area contributed by atoms with Gasteiger partial charge in [0.2, 0.25) is 6.41 Å². The van der Waals surface area contributed by atoms with Crippen LogP contribution in [0.1, 0.15) is 11.1 Å². The van der Waals surface area contributed by atoms with Crippen molar-refractivity contribution in [2.24, 2.45) is 0 Å². The van der Waals surface area contributed by atoms with Gasteiger partial charge in [-0.3, -0.25) is 10.0 Å². The van der Waals surface area contributed by atoms with E-state index in [-0.39, 0.29) is 6.41 Å². The van der Waals surface area contributed by atoms with Gasteiger partial charge in [0.1, 0.15) is 11.5 Å². The monoisotopic (exact) mass is 259 g/mol. The number of hydrogen-bond donors (Lipinski definition) is 2. The van der Waals surface area contributed by atoms with Crippen LogP contribution in [0.2, 0.25) is 0 Å². The summed E-state index contributed by atoms with van der Waals surface area (Å²) < 4.78 is 5.69. The maximum Gasteiger partial charge on any atom is 0.230 e. The number of amides is 1. The summed E-state index contributed by atoms with van der Waals surface area (Å²) in [5.74, 6) is 1.76. The normalized spacial score (nSPS) is 9.00. The molecule has 0 atom stereocenters. The number of carbonyl (C=O) groups is 1. The zero-order chi connectivity index (χ0) is 14.1. The third kappa shape index (κ3) is 5.70. The van der Waals surface area contributed by atoms with Crippen molar-refractivity contribution in [1.82, 2.24) is 5.48 Å². The molecule has 0 heterocycles. The van der Waals surface area contributed by atoms with Gasteiger partial charge in [0.25, 0.3) is 0 Å². The van der Waals surface area contributed by atoms with Gasteiger partial charge < -0.3 is 4.74 Å². The van der Waals surface area contributed by atoms with Crippen LogP contribution in [0.5, 0.6) is 11.5 Å². The van der Waals surface area contributed by atoms with Gasteiger partial charge in [-0.05, 0) is 38.1 Å². The molecule has 0 aliphatic rings. The summed E-state index contributed by atoms with van der Waals surface area (Å²) >= 11 is 0. The van der Waals surface area contributed by atoms with Crippen LogP contribution < -0.4 is 10.2 Å². The molecule has 0 bridgehead atoms. The predicted octanol–water partition coefficient (Wildman–Crippen LogP) is 3.22. The number of benzene rings is 2. The molecule has 2 rings (SSSR count). The summed E-state index contributed by atoms with van der Waals surface area (Å²) in [6.07, 6.45) is 0.181. The Labute approximate surface area is 112 Å². The highest BCUT2D eigenvalue weighted by Crippen LogP contribution is 2.21. The summed E-state index contributed by atoms with van der Waals surface area (Å²) in [6.45, 7) is 4.13. The first kappa shape index (κ1) is 14.7. The first-order chi connectivity index (χ1) is 9.15. The van der Waals surface area contributed by atoms with Crippen LogP contribution in [0.4, 0.5) is 0 Å². The number of carbonyl (C=O) groups excluding carboxylic acids is 1. The molecule has 0 aromatic heterocycles. The second-order valence-electron chi connectivity index (χ2n) is 3.98. The molecule has 0 unspecified atom stereocenters. The van der Waals surface area contributed by atoms with E-state index in [4.69, 9.17) is 14.7 Å². The minimum atomic E-state index is 0.181. The second-order valence-corrected chi connectivity index (χ2v) is 3.98. The molecule has 19 heavy (non-hydrogen) atoms. The third-order valence-electron chi connectivity index (χ3n) is 2.33. The highest BCUT2D eigenvalue weighted by molar-refractivity contribution is 5.43. The lowest BCUT2D eigenvalue weighted by molar-refractivity contribution is -0.116. The average Bonchev–Trinajstić information content (AvgIpc) is 2.44. The van der Waals surface area contributed by atoms with E-state index in [2.05, 4.69) is 13.8 Å². The third-order valence-corrected chi connectivity index (χ3v) is 2.33. The fraction of sp³-hybridized carbons (Fsp3) is 0.133. The molecule has 0 aliphatic carbocycles. The highest BCUT2D eigenvalue weighted by Gasteiger charge is 1.95. The van der Waals surface area contributed by atoms with Crippen LogP contribution in [0.25, 0.3) is 0 Å². The molecule has 2 aromatic rings. The molecule has 4 heteroatoms. The smallest absolute Gasteiger partial charge is 0.230 e. The Morgan fingerprint density at radius 1 is 0.895 bits per heavy atom. The summed E-state index contributed by atoms with van der Waals surface area (Å²) in [4.78, 5) is 8.81. The van der Waals surface area contributed by atoms with Crippen molar-refractivity contribution in [3.8, 4) is 11.5 Å². The quantitative estimate of drug-likeness (QED) is 0.505. The number of hydroxylamine groups is 1. The molecule has 2 N–H and O–H groups in total. The van der Waals surface area contributed by atoms with Gasteiger partial charge in [0, 0.05) is 0 Å². The Kier molecular flexibility index (Phi) is 6.12. The Morgan fingerprint density at radius 3 is 1.47 bits per heavy atom. The lowest BCUT2D eigenvalue weighted by atomic mass is 10.2. The van der Waals surface area contributed by atoms with Crippen LogP contribution in [0.15, 0.2) is 48.5 Å². The van der Waals surface area contributed by atoms with Gasteiger partial charge in [-0.2, -0.15) is 0 Å².